The Hall–Kier alpha value is -2.02. The van der Waals surface area contributed by atoms with Gasteiger partial charge in [-0.05, 0) is 43.4 Å². The highest BCUT2D eigenvalue weighted by Crippen LogP contribution is 2.19. The van der Waals surface area contributed by atoms with Crippen LogP contribution in [0.1, 0.15) is 37.7 Å². The zero-order chi connectivity index (χ0) is 17.5. The van der Waals surface area contributed by atoms with Gasteiger partial charge in [-0.1, -0.05) is 0 Å². The van der Waals surface area contributed by atoms with Crippen molar-refractivity contribution in [2.24, 2.45) is 5.73 Å². The molecule has 0 unspecified atom stereocenters. The number of halogens is 2. The molecule has 24 heavy (non-hydrogen) atoms. The van der Waals surface area contributed by atoms with Crippen LogP contribution >= 0.6 is 0 Å². The molecule has 0 heterocycles. The Kier molecular flexibility index (Phi) is 6.66. The van der Waals surface area contributed by atoms with Crippen molar-refractivity contribution in [3.63, 3.8) is 0 Å². The number of benzene rings is 1. The molecule has 0 saturated heterocycles. The number of rotatable bonds is 6. The van der Waals surface area contributed by atoms with Crippen LogP contribution in [0.4, 0.5) is 8.78 Å². The van der Waals surface area contributed by atoms with Gasteiger partial charge in [0.05, 0.1) is 6.42 Å². The summed E-state index contributed by atoms with van der Waals surface area (Å²) in [7, 11) is 0. The first-order valence-electron chi connectivity index (χ1n) is 8.20. The maximum absolute atomic E-state index is 13.1. The van der Waals surface area contributed by atoms with Crippen molar-refractivity contribution in [2.45, 2.75) is 50.6 Å². The highest BCUT2D eigenvalue weighted by Gasteiger charge is 2.23. The third-order valence-electron chi connectivity index (χ3n) is 4.12. The van der Waals surface area contributed by atoms with Gasteiger partial charge in [-0.25, -0.2) is 8.78 Å². The normalized spacial score (nSPS) is 20.5. The fourth-order valence-electron chi connectivity index (χ4n) is 2.99. The third-order valence-corrected chi connectivity index (χ3v) is 4.12. The van der Waals surface area contributed by atoms with Crippen molar-refractivity contribution in [3.05, 3.63) is 35.4 Å². The van der Waals surface area contributed by atoms with Crippen LogP contribution in [0.3, 0.4) is 0 Å². The van der Waals surface area contributed by atoms with Crippen molar-refractivity contribution in [2.75, 3.05) is 6.54 Å². The fourth-order valence-corrected chi connectivity index (χ4v) is 2.99. The lowest BCUT2D eigenvalue weighted by Crippen LogP contribution is -2.44. The maximum Gasteiger partial charge on any atom is 0.224 e. The van der Waals surface area contributed by atoms with Gasteiger partial charge in [-0.2, -0.15) is 0 Å². The van der Waals surface area contributed by atoms with E-state index in [1.807, 2.05) is 0 Å². The van der Waals surface area contributed by atoms with Gasteiger partial charge in [0.15, 0.2) is 0 Å². The maximum atomic E-state index is 13.1. The minimum absolute atomic E-state index is 0.0265. The van der Waals surface area contributed by atoms with E-state index in [1.54, 1.807) is 0 Å². The average Bonchev–Trinajstić information content (AvgIpc) is 2.48. The smallest absolute Gasteiger partial charge is 0.224 e. The summed E-state index contributed by atoms with van der Waals surface area (Å²) in [4.78, 5) is 23.5. The molecule has 1 fully saturated rings. The second-order valence-corrected chi connectivity index (χ2v) is 6.18. The van der Waals surface area contributed by atoms with Gasteiger partial charge >= 0.3 is 0 Å². The molecule has 1 saturated carbocycles. The zero-order valence-electron chi connectivity index (χ0n) is 13.5. The Morgan fingerprint density at radius 1 is 0.958 bits per heavy atom. The Bertz CT molecular complexity index is 567. The molecule has 0 spiro atoms. The lowest BCUT2D eigenvalue weighted by Gasteiger charge is -2.29. The molecule has 0 aromatic heterocycles. The van der Waals surface area contributed by atoms with Crippen LogP contribution in [-0.2, 0) is 16.0 Å². The van der Waals surface area contributed by atoms with Crippen molar-refractivity contribution in [1.29, 1.82) is 0 Å². The first kappa shape index (κ1) is 18.3. The van der Waals surface area contributed by atoms with E-state index in [-0.39, 0.29) is 30.3 Å². The number of hydrogen-bond acceptors (Lipinski definition) is 3. The number of nitrogens with one attached hydrogen (secondary N) is 2. The van der Waals surface area contributed by atoms with E-state index in [1.165, 1.54) is 0 Å². The molecular weight excluding hydrogens is 316 g/mol. The summed E-state index contributed by atoms with van der Waals surface area (Å²) in [5.74, 6) is -1.67. The van der Waals surface area contributed by atoms with Gasteiger partial charge in [0, 0.05) is 31.1 Å². The van der Waals surface area contributed by atoms with E-state index >= 15 is 0 Å². The van der Waals surface area contributed by atoms with Gasteiger partial charge in [-0.15, -0.1) is 0 Å². The molecular formula is C17H23F2N3O2. The highest BCUT2D eigenvalue weighted by molar-refractivity contribution is 5.79. The van der Waals surface area contributed by atoms with Crippen LogP contribution in [0.15, 0.2) is 18.2 Å². The molecule has 0 aliphatic heterocycles. The van der Waals surface area contributed by atoms with Gasteiger partial charge in [-0.3, -0.25) is 9.59 Å². The van der Waals surface area contributed by atoms with Crippen LogP contribution in [0.2, 0.25) is 0 Å². The van der Waals surface area contributed by atoms with E-state index in [0.29, 0.717) is 18.5 Å². The second kappa shape index (κ2) is 8.73. The quantitative estimate of drug-likeness (QED) is 0.732. The van der Waals surface area contributed by atoms with Crippen molar-refractivity contribution < 1.29 is 18.4 Å². The Morgan fingerprint density at radius 2 is 1.46 bits per heavy atom. The molecule has 0 bridgehead atoms. The van der Waals surface area contributed by atoms with E-state index in [2.05, 4.69) is 10.6 Å². The predicted molar refractivity (Wildman–Crippen MR) is 86.1 cm³/mol. The molecule has 1 aliphatic carbocycles. The monoisotopic (exact) mass is 339 g/mol. The van der Waals surface area contributed by atoms with Gasteiger partial charge < -0.3 is 16.4 Å². The molecule has 7 heteroatoms. The summed E-state index contributed by atoms with van der Waals surface area (Å²) in [6.45, 7) is 0.331. The summed E-state index contributed by atoms with van der Waals surface area (Å²) in [5.41, 5.74) is 5.65. The lowest BCUT2D eigenvalue weighted by atomic mass is 9.91. The molecule has 2 rings (SSSR count). The molecule has 0 atom stereocenters. The van der Waals surface area contributed by atoms with E-state index < -0.39 is 11.6 Å². The number of amides is 2. The van der Waals surface area contributed by atoms with E-state index in [4.69, 9.17) is 5.73 Å². The second-order valence-electron chi connectivity index (χ2n) is 6.18. The first-order chi connectivity index (χ1) is 11.5. The Morgan fingerprint density at radius 3 is 1.96 bits per heavy atom. The molecule has 5 nitrogen and oxygen atoms in total. The van der Waals surface area contributed by atoms with Crippen LogP contribution in [-0.4, -0.2) is 30.4 Å². The number of nitrogens with two attached hydrogens (primary N) is 1. The van der Waals surface area contributed by atoms with E-state index in [0.717, 1.165) is 43.9 Å². The molecule has 1 aliphatic rings. The van der Waals surface area contributed by atoms with Crippen molar-refractivity contribution >= 4 is 11.8 Å². The highest BCUT2D eigenvalue weighted by atomic mass is 19.1. The minimum Gasteiger partial charge on any atom is -0.353 e. The van der Waals surface area contributed by atoms with Gasteiger partial charge in [0.25, 0.3) is 0 Å². The van der Waals surface area contributed by atoms with Gasteiger partial charge in [0.1, 0.15) is 11.6 Å². The van der Waals surface area contributed by atoms with Crippen LogP contribution in [0, 0.1) is 11.6 Å². The van der Waals surface area contributed by atoms with Crippen LogP contribution in [0.5, 0.6) is 0 Å². The van der Waals surface area contributed by atoms with Gasteiger partial charge in [0.2, 0.25) is 11.8 Å². The molecule has 1 aromatic carbocycles. The number of carbonyl (C=O) groups excluding carboxylic acids is 2. The molecule has 0 radical (unpaired) electrons. The van der Waals surface area contributed by atoms with Crippen LogP contribution in [0.25, 0.3) is 0 Å². The SMILES string of the molecule is NCCC(=O)NC1CCC(NC(=O)Cc2cc(F)cc(F)c2)CC1. The Labute approximate surface area is 140 Å². The van der Waals surface area contributed by atoms with E-state index in [9.17, 15) is 18.4 Å². The molecule has 1 aromatic rings. The van der Waals surface area contributed by atoms with Crippen molar-refractivity contribution in [3.8, 4) is 0 Å². The summed E-state index contributed by atoms with van der Waals surface area (Å²) in [6, 6.07) is 3.24. The summed E-state index contributed by atoms with van der Waals surface area (Å²) in [6.07, 6.45) is 3.36. The molecule has 4 N–H and O–H groups in total. The summed E-state index contributed by atoms with van der Waals surface area (Å²) < 4.78 is 26.3. The first-order valence-corrected chi connectivity index (χ1v) is 8.20. The zero-order valence-corrected chi connectivity index (χ0v) is 13.5. The minimum atomic E-state index is -0.688. The largest absolute Gasteiger partial charge is 0.353 e. The third kappa shape index (κ3) is 5.88. The average molecular weight is 339 g/mol. The standard InChI is InChI=1S/C17H23F2N3O2/c18-12-7-11(8-13(19)10-12)9-17(24)22-15-3-1-14(2-4-15)21-16(23)5-6-20/h7-8,10,14-15H,1-6,9,20H2,(H,21,23)(H,22,24). The number of hydrogen-bond donors (Lipinski definition) is 3. The summed E-state index contributed by atoms with van der Waals surface area (Å²) >= 11 is 0. The predicted octanol–water partition coefficient (Wildman–Crippen LogP) is 1.40. The molecule has 2 amide bonds. The number of carbonyl (C=O) groups is 2. The van der Waals surface area contributed by atoms with Crippen molar-refractivity contribution in [1.82, 2.24) is 10.6 Å². The summed E-state index contributed by atoms with van der Waals surface area (Å²) in [5, 5.41) is 5.82. The molecule has 132 valence electrons. The van der Waals surface area contributed by atoms with Crippen LogP contribution < -0.4 is 16.4 Å². The lowest BCUT2D eigenvalue weighted by molar-refractivity contribution is -0.123. The Balaban J connectivity index is 1.75. The topological polar surface area (TPSA) is 84.2 Å². The fraction of sp³-hybridized carbons (Fsp3) is 0.529.